The fourth-order valence-corrected chi connectivity index (χ4v) is 3.03. The van der Waals surface area contributed by atoms with E-state index in [0.717, 1.165) is 11.3 Å². The van der Waals surface area contributed by atoms with E-state index in [4.69, 9.17) is 0 Å². The van der Waals surface area contributed by atoms with Crippen LogP contribution in [-0.2, 0) is 13.0 Å². The van der Waals surface area contributed by atoms with E-state index in [1.54, 1.807) is 0 Å². The largest absolute Gasteiger partial charge is 0.378 e. The van der Waals surface area contributed by atoms with Gasteiger partial charge in [0.1, 0.15) is 0 Å². The van der Waals surface area contributed by atoms with Crippen molar-refractivity contribution >= 4 is 27.9 Å². The Labute approximate surface area is 154 Å². The SMILES string of the molecule is CN(C)c1ccc2nc3c(=O)n(CCc4ccccc4)c(=O)[nH]c3nc2c1. The van der Waals surface area contributed by atoms with Crippen LogP contribution >= 0.6 is 0 Å². The minimum Gasteiger partial charge on any atom is -0.378 e. The third kappa shape index (κ3) is 3.19. The molecule has 4 rings (SSSR count). The molecule has 1 N–H and O–H groups in total. The maximum atomic E-state index is 12.8. The standard InChI is InChI=1S/C20H19N5O2/c1-24(2)14-8-9-15-16(12-14)22-18-17(21-15)19(26)25(20(27)23-18)11-10-13-6-4-3-5-7-13/h3-9,12H,10-11H2,1-2H3,(H,22,23,27). The summed E-state index contributed by atoms with van der Waals surface area (Å²) in [6.45, 7) is 0.285. The number of nitrogens with one attached hydrogen (secondary N) is 1. The second kappa shape index (κ2) is 6.68. The van der Waals surface area contributed by atoms with Gasteiger partial charge < -0.3 is 4.90 Å². The van der Waals surface area contributed by atoms with Crippen molar-refractivity contribution in [2.75, 3.05) is 19.0 Å². The number of fused-ring (bicyclic) bond motifs is 2. The van der Waals surface area contributed by atoms with Gasteiger partial charge in [-0.25, -0.2) is 14.8 Å². The monoisotopic (exact) mass is 361 g/mol. The Morgan fingerprint density at radius 2 is 1.78 bits per heavy atom. The van der Waals surface area contributed by atoms with Crippen LogP contribution in [0, 0.1) is 0 Å². The van der Waals surface area contributed by atoms with E-state index in [1.807, 2.05) is 67.5 Å². The molecule has 7 heteroatoms. The van der Waals surface area contributed by atoms with Gasteiger partial charge in [0.15, 0.2) is 11.2 Å². The van der Waals surface area contributed by atoms with Crippen LogP contribution in [0.1, 0.15) is 5.56 Å². The predicted molar refractivity (Wildman–Crippen MR) is 106 cm³/mol. The maximum Gasteiger partial charge on any atom is 0.330 e. The molecule has 0 atom stereocenters. The molecule has 0 aliphatic heterocycles. The summed E-state index contributed by atoms with van der Waals surface area (Å²) in [6.07, 6.45) is 0.586. The highest BCUT2D eigenvalue weighted by Crippen LogP contribution is 2.19. The zero-order valence-corrected chi connectivity index (χ0v) is 15.1. The number of anilines is 1. The van der Waals surface area contributed by atoms with E-state index in [0.29, 0.717) is 17.5 Å². The quantitative estimate of drug-likeness (QED) is 0.562. The van der Waals surface area contributed by atoms with Crippen LogP contribution in [0.3, 0.4) is 0 Å². The first-order chi connectivity index (χ1) is 13.0. The van der Waals surface area contributed by atoms with Crippen molar-refractivity contribution < 1.29 is 0 Å². The highest BCUT2D eigenvalue weighted by molar-refractivity contribution is 5.85. The van der Waals surface area contributed by atoms with Gasteiger partial charge in [-0.2, -0.15) is 0 Å². The summed E-state index contributed by atoms with van der Waals surface area (Å²) in [5.41, 5.74) is 2.77. The van der Waals surface area contributed by atoms with Gasteiger partial charge in [0.25, 0.3) is 5.56 Å². The van der Waals surface area contributed by atoms with Crippen molar-refractivity contribution in [3.05, 3.63) is 74.9 Å². The van der Waals surface area contributed by atoms with Crippen LogP contribution in [0.4, 0.5) is 5.69 Å². The van der Waals surface area contributed by atoms with Gasteiger partial charge in [0.05, 0.1) is 11.0 Å². The topological polar surface area (TPSA) is 83.9 Å². The molecule has 2 aromatic carbocycles. The molecule has 7 nitrogen and oxygen atoms in total. The minimum absolute atomic E-state index is 0.174. The molecule has 4 aromatic rings. The molecule has 0 saturated heterocycles. The second-order valence-corrected chi connectivity index (χ2v) is 6.61. The Morgan fingerprint density at radius 1 is 1.00 bits per heavy atom. The van der Waals surface area contributed by atoms with E-state index in [2.05, 4.69) is 15.0 Å². The second-order valence-electron chi connectivity index (χ2n) is 6.61. The number of rotatable bonds is 4. The average Bonchev–Trinajstić information content (AvgIpc) is 2.67. The third-order valence-electron chi connectivity index (χ3n) is 4.55. The molecule has 27 heavy (non-hydrogen) atoms. The Balaban J connectivity index is 1.80. The highest BCUT2D eigenvalue weighted by Gasteiger charge is 2.12. The van der Waals surface area contributed by atoms with Gasteiger partial charge in [-0.05, 0) is 30.2 Å². The molecule has 0 radical (unpaired) electrons. The normalized spacial score (nSPS) is 11.2. The fourth-order valence-electron chi connectivity index (χ4n) is 3.03. The lowest BCUT2D eigenvalue weighted by atomic mass is 10.1. The number of aromatic nitrogens is 4. The molecule has 0 aliphatic carbocycles. The van der Waals surface area contributed by atoms with Gasteiger partial charge in [-0.3, -0.25) is 14.3 Å². The number of benzene rings is 2. The van der Waals surface area contributed by atoms with Crippen molar-refractivity contribution in [1.82, 2.24) is 19.5 Å². The van der Waals surface area contributed by atoms with E-state index >= 15 is 0 Å². The molecule has 0 amide bonds. The van der Waals surface area contributed by atoms with Crippen LogP contribution in [0.5, 0.6) is 0 Å². The summed E-state index contributed by atoms with van der Waals surface area (Å²) in [6, 6.07) is 15.4. The lowest BCUT2D eigenvalue weighted by Gasteiger charge is -2.12. The Hall–Kier alpha value is -3.48. The van der Waals surface area contributed by atoms with Crippen LogP contribution < -0.4 is 16.1 Å². The average molecular weight is 361 g/mol. The Morgan fingerprint density at radius 3 is 2.52 bits per heavy atom. The van der Waals surface area contributed by atoms with Gasteiger partial charge in [-0.15, -0.1) is 0 Å². The first-order valence-corrected chi connectivity index (χ1v) is 8.69. The van der Waals surface area contributed by atoms with Gasteiger partial charge in [0.2, 0.25) is 0 Å². The molecule has 0 aliphatic rings. The predicted octanol–water partition coefficient (Wildman–Crippen LogP) is 1.94. The third-order valence-corrected chi connectivity index (χ3v) is 4.55. The molecule has 0 spiro atoms. The van der Waals surface area contributed by atoms with Gasteiger partial charge in [-0.1, -0.05) is 30.3 Å². The smallest absolute Gasteiger partial charge is 0.330 e. The molecular formula is C20H19N5O2. The van der Waals surface area contributed by atoms with Crippen molar-refractivity contribution in [2.24, 2.45) is 0 Å². The van der Waals surface area contributed by atoms with Gasteiger partial charge >= 0.3 is 5.69 Å². The molecule has 136 valence electrons. The fraction of sp³-hybridized carbons (Fsp3) is 0.200. The molecule has 0 bridgehead atoms. The lowest BCUT2D eigenvalue weighted by Crippen LogP contribution is -2.36. The number of H-pyrrole nitrogens is 1. The zero-order valence-electron chi connectivity index (χ0n) is 15.1. The number of hydrogen-bond acceptors (Lipinski definition) is 5. The molecular weight excluding hydrogens is 342 g/mol. The van der Waals surface area contributed by atoms with Crippen LogP contribution in [-0.4, -0.2) is 33.6 Å². The van der Waals surface area contributed by atoms with Crippen molar-refractivity contribution in [3.8, 4) is 0 Å². The van der Waals surface area contributed by atoms with Crippen molar-refractivity contribution in [2.45, 2.75) is 13.0 Å². The van der Waals surface area contributed by atoms with E-state index < -0.39 is 11.2 Å². The Kier molecular flexibility index (Phi) is 4.19. The first kappa shape index (κ1) is 17.0. The molecule has 2 aromatic heterocycles. The summed E-state index contributed by atoms with van der Waals surface area (Å²) in [4.78, 5) is 38.8. The van der Waals surface area contributed by atoms with E-state index in [-0.39, 0.29) is 17.7 Å². The van der Waals surface area contributed by atoms with Crippen LogP contribution in [0.15, 0.2) is 58.1 Å². The van der Waals surface area contributed by atoms with Crippen LogP contribution in [0.2, 0.25) is 0 Å². The summed E-state index contributed by atoms with van der Waals surface area (Å²) in [5, 5.41) is 0. The van der Waals surface area contributed by atoms with Gasteiger partial charge in [0, 0.05) is 26.3 Å². The number of aromatic amines is 1. The Bertz CT molecular complexity index is 1240. The zero-order chi connectivity index (χ0) is 19.0. The number of hydrogen-bond donors (Lipinski definition) is 1. The molecule has 2 heterocycles. The van der Waals surface area contributed by atoms with Crippen LogP contribution in [0.25, 0.3) is 22.2 Å². The summed E-state index contributed by atoms with van der Waals surface area (Å²) < 4.78 is 1.18. The molecule has 0 fully saturated rings. The number of nitrogens with zero attached hydrogens (tertiary/aromatic N) is 4. The summed E-state index contributed by atoms with van der Waals surface area (Å²) in [5.74, 6) is 0. The molecule has 0 unspecified atom stereocenters. The summed E-state index contributed by atoms with van der Waals surface area (Å²) >= 11 is 0. The van der Waals surface area contributed by atoms with E-state index in [1.165, 1.54) is 4.57 Å². The number of aryl methyl sites for hydroxylation is 1. The lowest BCUT2D eigenvalue weighted by molar-refractivity contribution is 0.634. The van der Waals surface area contributed by atoms with Crippen molar-refractivity contribution in [3.63, 3.8) is 0 Å². The molecule has 0 saturated carbocycles. The minimum atomic E-state index is -0.471. The summed E-state index contributed by atoms with van der Waals surface area (Å²) in [7, 11) is 3.87. The van der Waals surface area contributed by atoms with Crippen molar-refractivity contribution in [1.29, 1.82) is 0 Å². The maximum absolute atomic E-state index is 12.8. The first-order valence-electron chi connectivity index (χ1n) is 8.69. The van der Waals surface area contributed by atoms with E-state index in [9.17, 15) is 9.59 Å². The highest BCUT2D eigenvalue weighted by atomic mass is 16.2.